The van der Waals surface area contributed by atoms with Gasteiger partial charge in [-0.2, -0.15) is 13.2 Å². The van der Waals surface area contributed by atoms with Crippen LogP contribution in [0.4, 0.5) is 18.9 Å². The molecule has 208 valence electrons. The zero-order valence-electron chi connectivity index (χ0n) is 19.0. The van der Waals surface area contributed by atoms with E-state index < -0.39 is 66.8 Å². The first-order chi connectivity index (χ1) is 17.4. The van der Waals surface area contributed by atoms with Gasteiger partial charge in [-0.1, -0.05) is 12.1 Å². The molecule has 0 radical (unpaired) electrons. The summed E-state index contributed by atoms with van der Waals surface area (Å²) in [6.07, 6.45) is -5.02. The van der Waals surface area contributed by atoms with Crippen molar-refractivity contribution in [2.45, 2.75) is 31.1 Å². The third kappa shape index (κ3) is 12.1. The standard InChI is InChI=1S/C18H21N5O8.C2HF3O2/c19-11(7-14(25)26)16(29)23(12(17(30)31)8-15(27)28)13(24)6-3-9-1-4-10(5-2-9)22-18(20)21;3-2(4,5)1(6)7/h1-6,11-12H,7-8,19H2,(H,25,26)(H,27,28)(H,30,31)(H4,20,21,22);(H,6,7)/t11-,12-;/m0./s1. The molecule has 2 amide bonds. The zero-order valence-corrected chi connectivity index (χ0v) is 19.0. The van der Waals surface area contributed by atoms with Crippen LogP contribution in [0, 0.1) is 0 Å². The van der Waals surface area contributed by atoms with Crippen LogP contribution in [0.25, 0.3) is 6.08 Å². The van der Waals surface area contributed by atoms with Crippen LogP contribution >= 0.6 is 0 Å². The van der Waals surface area contributed by atoms with Crippen LogP contribution in [0.1, 0.15) is 18.4 Å². The zero-order chi connectivity index (χ0) is 29.8. The largest absolute Gasteiger partial charge is 0.490 e. The molecule has 0 aromatic heterocycles. The Hall–Kier alpha value is -5.00. The van der Waals surface area contributed by atoms with E-state index in [-0.39, 0.29) is 10.9 Å². The molecular weight excluding hydrogens is 527 g/mol. The van der Waals surface area contributed by atoms with Crippen molar-refractivity contribution < 1.29 is 62.4 Å². The van der Waals surface area contributed by atoms with Gasteiger partial charge in [-0.3, -0.25) is 24.1 Å². The summed E-state index contributed by atoms with van der Waals surface area (Å²) >= 11 is 0. The maximum atomic E-state index is 12.6. The van der Waals surface area contributed by atoms with Crippen molar-refractivity contribution in [3.05, 3.63) is 35.9 Å². The number of hydrogen-bond acceptors (Lipinski definition) is 8. The smallest absolute Gasteiger partial charge is 0.481 e. The molecule has 1 aromatic carbocycles. The normalized spacial score (nSPS) is 12.3. The number of nitrogens with zero attached hydrogens (tertiary/aromatic N) is 2. The Morgan fingerprint density at radius 2 is 1.39 bits per heavy atom. The number of carboxylic acid groups (broad SMARTS) is 4. The molecule has 0 aliphatic heterocycles. The second kappa shape index (κ2) is 14.5. The van der Waals surface area contributed by atoms with Crippen molar-refractivity contribution in [1.29, 1.82) is 0 Å². The summed E-state index contributed by atoms with van der Waals surface area (Å²) in [6.45, 7) is 0. The molecule has 38 heavy (non-hydrogen) atoms. The number of guanidine groups is 1. The summed E-state index contributed by atoms with van der Waals surface area (Å²) < 4.78 is 31.7. The van der Waals surface area contributed by atoms with Crippen molar-refractivity contribution in [2.75, 3.05) is 0 Å². The predicted octanol–water partition coefficient (Wildman–Crippen LogP) is -0.677. The lowest BCUT2D eigenvalue weighted by Crippen LogP contribution is -2.54. The number of carbonyl (C=O) groups is 6. The number of carboxylic acids is 4. The quantitative estimate of drug-likeness (QED) is 0.108. The van der Waals surface area contributed by atoms with E-state index in [1.807, 2.05) is 0 Å². The summed E-state index contributed by atoms with van der Waals surface area (Å²) in [5.74, 6) is -10.3. The number of rotatable bonds is 10. The summed E-state index contributed by atoms with van der Waals surface area (Å²) in [5, 5.41) is 34.2. The van der Waals surface area contributed by atoms with E-state index in [0.717, 1.165) is 6.08 Å². The Morgan fingerprint density at radius 3 is 1.76 bits per heavy atom. The van der Waals surface area contributed by atoms with Crippen molar-refractivity contribution >= 4 is 53.4 Å². The molecule has 18 heteroatoms. The predicted molar refractivity (Wildman–Crippen MR) is 120 cm³/mol. The van der Waals surface area contributed by atoms with E-state index in [4.69, 9.17) is 37.3 Å². The third-order valence-corrected chi connectivity index (χ3v) is 3.96. The highest BCUT2D eigenvalue weighted by Gasteiger charge is 2.39. The molecule has 0 heterocycles. The van der Waals surface area contributed by atoms with E-state index in [1.54, 1.807) is 0 Å². The highest BCUT2D eigenvalue weighted by Crippen LogP contribution is 2.15. The fraction of sp³-hybridized carbons (Fsp3) is 0.250. The molecule has 0 saturated carbocycles. The SMILES string of the molecule is NC(N)=Nc1ccc(C=CC(=O)N(C(=O)[C@@H](N)CC(=O)O)[C@@H](CC(=O)O)C(=O)O)cc1.O=C(O)C(F)(F)F. The molecule has 0 unspecified atom stereocenters. The van der Waals surface area contributed by atoms with Gasteiger partial charge in [0.25, 0.3) is 5.91 Å². The Labute approximate surface area is 210 Å². The third-order valence-electron chi connectivity index (χ3n) is 3.96. The molecule has 0 aliphatic carbocycles. The fourth-order valence-electron chi connectivity index (χ4n) is 2.38. The van der Waals surface area contributed by atoms with Crippen LogP contribution in [0.5, 0.6) is 0 Å². The van der Waals surface area contributed by atoms with Crippen molar-refractivity contribution in [2.24, 2.45) is 22.2 Å². The summed E-state index contributed by atoms with van der Waals surface area (Å²) in [4.78, 5) is 71.3. The number of aliphatic carboxylic acids is 4. The van der Waals surface area contributed by atoms with Gasteiger partial charge in [-0.05, 0) is 23.8 Å². The maximum absolute atomic E-state index is 12.6. The highest BCUT2D eigenvalue weighted by molar-refractivity contribution is 6.08. The minimum Gasteiger partial charge on any atom is -0.481 e. The van der Waals surface area contributed by atoms with Crippen LogP contribution in [0.2, 0.25) is 0 Å². The number of halogens is 3. The Balaban J connectivity index is 0.00000171. The van der Waals surface area contributed by atoms with Crippen LogP contribution in [0.15, 0.2) is 35.3 Å². The second-order valence-corrected chi connectivity index (χ2v) is 6.97. The minimum atomic E-state index is -5.08. The van der Waals surface area contributed by atoms with Crippen LogP contribution in [-0.4, -0.2) is 85.2 Å². The molecule has 1 aromatic rings. The van der Waals surface area contributed by atoms with Gasteiger partial charge in [-0.15, -0.1) is 0 Å². The van der Waals surface area contributed by atoms with E-state index in [9.17, 15) is 42.3 Å². The molecular formula is C20H22F3N5O10. The number of nitrogens with two attached hydrogens (primary N) is 3. The Morgan fingerprint density at radius 1 is 0.921 bits per heavy atom. The number of aliphatic imine (C=N–C) groups is 1. The fourth-order valence-corrected chi connectivity index (χ4v) is 2.38. The molecule has 0 saturated heterocycles. The summed E-state index contributed by atoms with van der Waals surface area (Å²) in [6, 6.07) is 2.20. The maximum Gasteiger partial charge on any atom is 0.490 e. The summed E-state index contributed by atoms with van der Waals surface area (Å²) in [5.41, 5.74) is 16.8. The Bertz CT molecular complexity index is 1120. The number of imide groups is 1. The van der Waals surface area contributed by atoms with Gasteiger partial charge >= 0.3 is 30.1 Å². The Kier molecular flexibility index (Phi) is 12.6. The molecule has 15 nitrogen and oxygen atoms in total. The van der Waals surface area contributed by atoms with Crippen molar-refractivity contribution in [3.63, 3.8) is 0 Å². The number of benzene rings is 1. The lowest BCUT2D eigenvalue weighted by molar-refractivity contribution is -0.192. The first kappa shape index (κ1) is 33.0. The van der Waals surface area contributed by atoms with Crippen molar-refractivity contribution in [3.8, 4) is 0 Å². The average molecular weight is 549 g/mol. The van der Waals surface area contributed by atoms with E-state index in [2.05, 4.69) is 4.99 Å². The van der Waals surface area contributed by atoms with Crippen molar-refractivity contribution in [1.82, 2.24) is 4.90 Å². The monoisotopic (exact) mass is 549 g/mol. The topological polar surface area (TPSA) is 277 Å². The lowest BCUT2D eigenvalue weighted by Gasteiger charge is -2.27. The molecule has 0 fully saturated rings. The van der Waals surface area contributed by atoms with Crippen LogP contribution in [0.3, 0.4) is 0 Å². The first-order valence-corrected chi connectivity index (χ1v) is 9.83. The number of hydrogen-bond donors (Lipinski definition) is 7. The van der Waals surface area contributed by atoms with E-state index >= 15 is 0 Å². The average Bonchev–Trinajstić information content (AvgIpc) is 2.76. The van der Waals surface area contributed by atoms with Gasteiger partial charge in [0.15, 0.2) is 5.96 Å². The number of amides is 2. The molecule has 0 aliphatic rings. The summed E-state index contributed by atoms with van der Waals surface area (Å²) in [7, 11) is 0. The molecule has 10 N–H and O–H groups in total. The van der Waals surface area contributed by atoms with Gasteiger partial charge in [0, 0.05) is 6.08 Å². The molecule has 1 rings (SSSR count). The highest BCUT2D eigenvalue weighted by atomic mass is 19.4. The molecule has 2 atom stereocenters. The van der Waals surface area contributed by atoms with E-state index in [0.29, 0.717) is 11.3 Å². The van der Waals surface area contributed by atoms with Gasteiger partial charge in [-0.25, -0.2) is 14.6 Å². The van der Waals surface area contributed by atoms with Gasteiger partial charge in [0.1, 0.15) is 6.04 Å². The van der Waals surface area contributed by atoms with Gasteiger partial charge in [0.2, 0.25) is 5.91 Å². The lowest BCUT2D eigenvalue weighted by atomic mass is 10.1. The van der Waals surface area contributed by atoms with Gasteiger partial charge in [0.05, 0.1) is 24.6 Å². The second-order valence-electron chi connectivity index (χ2n) is 6.97. The molecule has 0 bridgehead atoms. The van der Waals surface area contributed by atoms with Crippen LogP contribution in [-0.2, 0) is 28.8 Å². The first-order valence-electron chi connectivity index (χ1n) is 9.83. The van der Waals surface area contributed by atoms with Gasteiger partial charge < -0.3 is 37.6 Å². The number of carbonyl (C=O) groups excluding carboxylic acids is 2. The minimum absolute atomic E-state index is 0.133. The van der Waals surface area contributed by atoms with Crippen LogP contribution < -0.4 is 17.2 Å². The van der Waals surface area contributed by atoms with E-state index in [1.165, 1.54) is 30.3 Å². The number of alkyl halides is 3. The molecule has 0 spiro atoms.